The first-order valence-electron chi connectivity index (χ1n) is 5.09. The summed E-state index contributed by atoms with van der Waals surface area (Å²) in [5, 5.41) is 0. The van der Waals surface area contributed by atoms with Gasteiger partial charge in [-0.05, 0) is 24.5 Å². The van der Waals surface area contributed by atoms with Crippen molar-refractivity contribution in [1.82, 2.24) is 0 Å². The number of hydrogen-bond acceptors (Lipinski definition) is 2. The molecule has 1 fully saturated rings. The molecule has 1 aliphatic heterocycles. The Labute approximate surface area is 89.8 Å². The van der Waals surface area contributed by atoms with Crippen LogP contribution in [0.15, 0.2) is 18.2 Å². The molecule has 3 nitrogen and oxygen atoms in total. The second-order valence-electron chi connectivity index (χ2n) is 4.48. The molecule has 0 spiro atoms. The van der Waals surface area contributed by atoms with Crippen LogP contribution < -0.4 is 4.31 Å². The smallest absolute Gasteiger partial charge is 0.232 e. The van der Waals surface area contributed by atoms with Gasteiger partial charge in [-0.2, -0.15) is 0 Å². The van der Waals surface area contributed by atoms with Crippen LogP contribution in [-0.2, 0) is 10.0 Å². The summed E-state index contributed by atoms with van der Waals surface area (Å²) in [7, 11) is -3.11. The Bertz CT molecular complexity index is 536. The molecule has 1 saturated carbocycles. The lowest BCUT2D eigenvalue weighted by atomic mass is 10.1. The van der Waals surface area contributed by atoms with E-state index in [0.29, 0.717) is 5.92 Å². The quantitative estimate of drug-likeness (QED) is 0.725. The summed E-state index contributed by atoms with van der Waals surface area (Å²) in [5.74, 6) is 0.453. The molecule has 0 amide bonds. The summed E-state index contributed by atoms with van der Waals surface area (Å²) in [5.41, 5.74) is 3.21. The highest BCUT2D eigenvalue weighted by Gasteiger charge is 2.54. The van der Waals surface area contributed by atoms with Gasteiger partial charge in [0.1, 0.15) is 0 Å². The largest absolute Gasteiger partial charge is 0.266 e. The molecule has 1 aromatic rings. The van der Waals surface area contributed by atoms with E-state index in [4.69, 9.17) is 0 Å². The van der Waals surface area contributed by atoms with Crippen molar-refractivity contribution in [2.75, 3.05) is 10.6 Å². The highest BCUT2D eigenvalue weighted by atomic mass is 32.2. The predicted molar refractivity (Wildman–Crippen MR) is 59.6 cm³/mol. The molecule has 2 atom stereocenters. The van der Waals surface area contributed by atoms with E-state index < -0.39 is 10.0 Å². The van der Waals surface area contributed by atoms with Crippen molar-refractivity contribution in [3.05, 3.63) is 29.3 Å². The minimum atomic E-state index is -3.11. The Kier molecular flexibility index (Phi) is 1.57. The topological polar surface area (TPSA) is 37.4 Å². The maximum Gasteiger partial charge on any atom is 0.232 e. The minimum Gasteiger partial charge on any atom is -0.266 e. The fourth-order valence-corrected chi connectivity index (χ4v) is 3.94. The number of rotatable bonds is 1. The van der Waals surface area contributed by atoms with Gasteiger partial charge in [0.15, 0.2) is 0 Å². The van der Waals surface area contributed by atoms with E-state index >= 15 is 0 Å². The molecule has 2 aliphatic rings. The highest BCUT2D eigenvalue weighted by Crippen LogP contribution is 2.57. The minimum absolute atomic E-state index is 0.205. The van der Waals surface area contributed by atoms with Crippen molar-refractivity contribution in [3.63, 3.8) is 0 Å². The number of para-hydroxylation sites is 1. The number of hydrogen-bond donors (Lipinski definition) is 0. The fraction of sp³-hybridized carbons (Fsp3) is 0.455. The van der Waals surface area contributed by atoms with Crippen molar-refractivity contribution in [3.8, 4) is 0 Å². The number of anilines is 1. The van der Waals surface area contributed by atoms with E-state index in [-0.39, 0.29) is 6.04 Å². The molecule has 1 aliphatic carbocycles. The van der Waals surface area contributed by atoms with Crippen molar-refractivity contribution in [1.29, 1.82) is 0 Å². The van der Waals surface area contributed by atoms with Crippen LogP contribution in [0.1, 0.15) is 23.5 Å². The van der Waals surface area contributed by atoms with Crippen molar-refractivity contribution < 1.29 is 8.42 Å². The molecule has 15 heavy (non-hydrogen) atoms. The summed E-state index contributed by atoms with van der Waals surface area (Å²) in [6, 6.07) is 6.24. The Morgan fingerprint density at radius 1 is 1.40 bits per heavy atom. The van der Waals surface area contributed by atoms with E-state index in [1.807, 2.05) is 19.1 Å². The third-order valence-electron chi connectivity index (χ3n) is 3.30. The number of nitrogens with zero attached hydrogens (tertiary/aromatic N) is 1. The molecule has 1 aromatic carbocycles. The van der Waals surface area contributed by atoms with Gasteiger partial charge in [0, 0.05) is 5.92 Å². The lowest BCUT2D eigenvalue weighted by Crippen LogP contribution is -2.30. The van der Waals surface area contributed by atoms with Gasteiger partial charge in [-0.3, -0.25) is 4.31 Å². The predicted octanol–water partition coefficient (Wildman–Crippen LogP) is 1.63. The average molecular weight is 223 g/mol. The summed E-state index contributed by atoms with van der Waals surface area (Å²) in [6.07, 6.45) is 2.29. The Hall–Kier alpha value is -1.03. The van der Waals surface area contributed by atoms with Gasteiger partial charge >= 0.3 is 0 Å². The second-order valence-corrected chi connectivity index (χ2v) is 6.34. The van der Waals surface area contributed by atoms with Crippen LogP contribution in [0, 0.1) is 6.92 Å². The van der Waals surface area contributed by atoms with Crippen LogP contribution in [0.5, 0.6) is 0 Å². The van der Waals surface area contributed by atoms with Gasteiger partial charge in [-0.1, -0.05) is 18.2 Å². The lowest BCUT2D eigenvalue weighted by molar-refractivity contribution is 0.597. The average Bonchev–Trinajstić information content (AvgIpc) is 2.81. The van der Waals surface area contributed by atoms with Crippen LogP contribution in [0.2, 0.25) is 0 Å². The van der Waals surface area contributed by atoms with E-state index in [1.54, 1.807) is 4.31 Å². The molecule has 0 bridgehead atoms. The normalized spacial score (nSPS) is 27.5. The van der Waals surface area contributed by atoms with Crippen LogP contribution in [0.3, 0.4) is 0 Å². The third kappa shape index (κ3) is 1.14. The number of benzene rings is 1. The first-order valence-corrected chi connectivity index (χ1v) is 6.94. The molecular weight excluding hydrogens is 210 g/mol. The van der Waals surface area contributed by atoms with E-state index in [0.717, 1.165) is 17.7 Å². The van der Waals surface area contributed by atoms with E-state index in [1.165, 1.54) is 11.8 Å². The molecule has 2 unspecified atom stereocenters. The summed E-state index contributed by atoms with van der Waals surface area (Å²) < 4.78 is 25.0. The van der Waals surface area contributed by atoms with Crippen LogP contribution in [0.4, 0.5) is 5.69 Å². The van der Waals surface area contributed by atoms with Crippen molar-refractivity contribution in [2.24, 2.45) is 0 Å². The van der Waals surface area contributed by atoms with Gasteiger partial charge in [-0.25, -0.2) is 8.42 Å². The van der Waals surface area contributed by atoms with Crippen LogP contribution in [-0.4, -0.2) is 20.7 Å². The second kappa shape index (κ2) is 2.55. The standard InChI is InChI=1S/C11H13NO2S/c1-7-4-3-5-8-9-6-10(9)12(11(7)8)15(2,13)14/h3-5,9-10H,6H2,1-2H3. The molecule has 0 N–H and O–H groups in total. The zero-order valence-electron chi connectivity index (χ0n) is 8.77. The zero-order chi connectivity index (χ0) is 10.8. The van der Waals surface area contributed by atoms with E-state index in [2.05, 4.69) is 6.07 Å². The van der Waals surface area contributed by atoms with Crippen LogP contribution in [0.25, 0.3) is 0 Å². The Morgan fingerprint density at radius 3 is 2.80 bits per heavy atom. The van der Waals surface area contributed by atoms with Gasteiger partial charge in [-0.15, -0.1) is 0 Å². The Balaban J connectivity index is 2.25. The van der Waals surface area contributed by atoms with E-state index in [9.17, 15) is 8.42 Å². The van der Waals surface area contributed by atoms with Gasteiger partial charge in [0.2, 0.25) is 10.0 Å². The highest BCUT2D eigenvalue weighted by molar-refractivity contribution is 7.92. The first kappa shape index (κ1) is 9.21. The summed E-state index contributed by atoms with van der Waals surface area (Å²) in [6.45, 7) is 1.97. The maximum atomic E-state index is 11.7. The van der Waals surface area contributed by atoms with Crippen molar-refractivity contribution in [2.45, 2.75) is 25.3 Å². The first-order chi connectivity index (χ1) is 7.00. The number of fused-ring (bicyclic) bond motifs is 3. The van der Waals surface area contributed by atoms with Crippen molar-refractivity contribution >= 4 is 15.7 Å². The molecular formula is C11H13NO2S. The molecule has 80 valence electrons. The molecule has 1 heterocycles. The zero-order valence-corrected chi connectivity index (χ0v) is 9.58. The maximum absolute atomic E-state index is 11.7. The Morgan fingerprint density at radius 2 is 2.13 bits per heavy atom. The SMILES string of the molecule is Cc1cccc2c1N(S(C)(=O)=O)C1CC21. The third-order valence-corrected chi connectivity index (χ3v) is 4.47. The summed E-state index contributed by atoms with van der Waals surface area (Å²) in [4.78, 5) is 0. The molecule has 0 aromatic heterocycles. The fourth-order valence-electron chi connectivity index (χ4n) is 2.63. The molecule has 4 heteroatoms. The number of aryl methyl sites for hydroxylation is 1. The van der Waals surface area contributed by atoms with Gasteiger partial charge < -0.3 is 0 Å². The number of sulfonamides is 1. The van der Waals surface area contributed by atoms with Crippen LogP contribution >= 0.6 is 0 Å². The summed E-state index contributed by atoms with van der Waals surface area (Å²) >= 11 is 0. The monoisotopic (exact) mass is 223 g/mol. The van der Waals surface area contributed by atoms with Gasteiger partial charge in [0.05, 0.1) is 18.0 Å². The molecule has 0 saturated heterocycles. The van der Waals surface area contributed by atoms with Gasteiger partial charge in [0.25, 0.3) is 0 Å². The molecule has 0 radical (unpaired) electrons. The lowest BCUT2D eigenvalue weighted by Gasteiger charge is -2.21. The molecule has 3 rings (SSSR count).